The molecule has 0 spiro atoms. The fourth-order valence-electron chi connectivity index (χ4n) is 2.10. The van der Waals surface area contributed by atoms with Gasteiger partial charge in [-0.25, -0.2) is 0 Å². The second kappa shape index (κ2) is 8.75. The van der Waals surface area contributed by atoms with Crippen molar-refractivity contribution >= 4 is 29.3 Å². The Bertz CT molecular complexity index is 777. The lowest BCUT2D eigenvalue weighted by Gasteiger charge is -2.10. The fourth-order valence-corrected chi connectivity index (χ4v) is 2.82. The van der Waals surface area contributed by atoms with Crippen LogP contribution in [0.25, 0.3) is 0 Å². The molecule has 138 valence electrons. The highest BCUT2D eigenvalue weighted by Gasteiger charge is 2.30. The fraction of sp³-hybridized carbons (Fsp3) is 0.222. The van der Waals surface area contributed by atoms with Crippen LogP contribution in [0.1, 0.15) is 18.1 Å². The van der Waals surface area contributed by atoms with Crippen molar-refractivity contribution in [3.05, 3.63) is 59.7 Å². The number of alkyl halides is 3. The molecule has 2 aromatic rings. The molecule has 4 nitrogen and oxygen atoms in total. The molecule has 0 unspecified atom stereocenters. The lowest BCUT2D eigenvalue weighted by Crippen LogP contribution is -2.24. The first-order chi connectivity index (χ1) is 12.2. The first-order valence-electron chi connectivity index (χ1n) is 7.67. The van der Waals surface area contributed by atoms with Crippen molar-refractivity contribution in [2.45, 2.75) is 24.5 Å². The quantitative estimate of drug-likeness (QED) is 0.741. The molecule has 26 heavy (non-hydrogen) atoms. The summed E-state index contributed by atoms with van der Waals surface area (Å²) in [7, 11) is 0. The van der Waals surface area contributed by atoms with Crippen molar-refractivity contribution in [1.29, 1.82) is 0 Å². The number of rotatable bonds is 6. The molecule has 0 saturated carbocycles. The van der Waals surface area contributed by atoms with Crippen molar-refractivity contribution in [2.24, 2.45) is 0 Å². The molecule has 2 amide bonds. The molecule has 0 heterocycles. The summed E-state index contributed by atoms with van der Waals surface area (Å²) in [5, 5.41) is 5.24. The van der Waals surface area contributed by atoms with E-state index >= 15 is 0 Å². The van der Waals surface area contributed by atoms with Gasteiger partial charge in [0.25, 0.3) is 0 Å². The van der Waals surface area contributed by atoms with Crippen LogP contribution in [0.15, 0.2) is 53.4 Å². The van der Waals surface area contributed by atoms with Crippen molar-refractivity contribution in [2.75, 3.05) is 11.1 Å². The number of anilines is 1. The highest BCUT2D eigenvalue weighted by Crippen LogP contribution is 2.29. The molecule has 0 fully saturated rings. The number of hydrogen-bond donors (Lipinski definition) is 2. The molecule has 0 atom stereocenters. The normalized spacial score (nSPS) is 11.1. The number of amides is 2. The first kappa shape index (κ1) is 19.8. The van der Waals surface area contributed by atoms with Crippen LogP contribution >= 0.6 is 11.8 Å². The third kappa shape index (κ3) is 6.44. The van der Waals surface area contributed by atoms with Crippen LogP contribution in [-0.2, 0) is 22.3 Å². The minimum atomic E-state index is -4.40. The van der Waals surface area contributed by atoms with Crippen molar-refractivity contribution in [3.8, 4) is 0 Å². The van der Waals surface area contributed by atoms with Gasteiger partial charge in [0.1, 0.15) is 0 Å². The van der Waals surface area contributed by atoms with E-state index in [1.54, 1.807) is 24.3 Å². The topological polar surface area (TPSA) is 58.2 Å². The van der Waals surface area contributed by atoms with E-state index in [1.165, 1.54) is 30.8 Å². The molecule has 8 heteroatoms. The van der Waals surface area contributed by atoms with Gasteiger partial charge in [0.05, 0.1) is 11.3 Å². The number of nitrogens with one attached hydrogen (secondary N) is 2. The molecule has 2 aromatic carbocycles. The van der Waals surface area contributed by atoms with Crippen LogP contribution in [0.3, 0.4) is 0 Å². The van der Waals surface area contributed by atoms with E-state index in [1.807, 2.05) is 0 Å². The van der Waals surface area contributed by atoms with E-state index < -0.39 is 11.7 Å². The maximum Gasteiger partial charge on any atom is 0.416 e. The molecular formula is C18H17F3N2O2S. The predicted octanol–water partition coefficient (Wildman–Crippen LogP) is 4.07. The average molecular weight is 382 g/mol. The van der Waals surface area contributed by atoms with Gasteiger partial charge in [-0.2, -0.15) is 13.2 Å². The number of benzene rings is 2. The molecule has 0 aliphatic rings. The van der Waals surface area contributed by atoms with Gasteiger partial charge in [-0.3, -0.25) is 9.59 Å². The maximum absolute atomic E-state index is 12.7. The number of thioether (sulfide) groups is 1. The molecule has 0 bridgehead atoms. The molecule has 0 aliphatic heterocycles. The van der Waals surface area contributed by atoms with Gasteiger partial charge >= 0.3 is 6.18 Å². The summed E-state index contributed by atoms with van der Waals surface area (Å²) < 4.78 is 38.0. The number of hydrogen-bond acceptors (Lipinski definition) is 3. The van der Waals surface area contributed by atoms with Gasteiger partial charge in [0, 0.05) is 24.1 Å². The summed E-state index contributed by atoms with van der Waals surface area (Å²) in [4.78, 5) is 23.7. The van der Waals surface area contributed by atoms with Gasteiger partial charge in [-0.15, -0.1) is 11.8 Å². The second-order valence-corrected chi connectivity index (χ2v) is 6.52. The van der Waals surface area contributed by atoms with Crippen LogP contribution in [0.4, 0.5) is 18.9 Å². The number of carbonyl (C=O) groups is 2. The van der Waals surface area contributed by atoms with Crippen molar-refractivity contribution < 1.29 is 22.8 Å². The smallest absolute Gasteiger partial charge is 0.351 e. The Hall–Kier alpha value is -2.48. The summed E-state index contributed by atoms with van der Waals surface area (Å²) in [6.45, 7) is 1.45. The third-order valence-corrected chi connectivity index (χ3v) is 4.30. The monoisotopic (exact) mass is 382 g/mol. The third-order valence-electron chi connectivity index (χ3n) is 3.29. The van der Waals surface area contributed by atoms with Crippen LogP contribution < -0.4 is 10.6 Å². The van der Waals surface area contributed by atoms with E-state index in [9.17, 15) is 22.8 Å². The summed E-state index contributed by atoms with van der Waals surface area (Å²) in [6, 6.07) is 11.9. The Morgan fingerprint density at radius 1 is 1.08 bits per heavy atom. The molecule has 0 aliphatic carbocycles. The SMILES string of the molecule is CC(=O)Nc1ccc(SCC(=O)NCc2cccc(C(F)(F)F)c2)cc1. The van der Waals surface area contributed by atoms with Crippen LogP contribution in [0.2, 0.25) is 0 Å². The van der Waals surface area contributed by atoms with Gasteiger partial charge in [0.2, 0.25) is 11.8 Å². The predicted molar refractivity (Wildman–Crippen MR) is 94.8 cm³/mol. The minimum Gasteiger partial charge on any atom is -0.351 e. The Kier molecular flexibility index (Phi) is 6.68. The molecule has 0 aromatic heterocycles. The zero-order valence-electron chi connectivity index (χ0n) is 13.9. The van der Waals surface area contributed by atoms with Crippen molar-refractivity contribution in [3.63, 3.8) is 0 Å². The largest absolute Gasteiger partial charge is 0.416 e. The molecular weight excluding hydrogens is 365 g/mol. The summed E-state index contributed by atoms with van der Waals surface area (Å²) >= 11 is 1.29. The Morgan fingerprint density at radius 2 is 1.77 bits per heavy atom. The molecule has 0 radical (unpaired) electrons. The Morgan fingerprint density at radius 3 is 2.38 bits per heavy atom. The molecule has 2 rings (SSSR count). The van der Waals surface area contributed by atoms with E-state index in [0.29, 0.717) is 11.3 Å². The highest BCUT2D eigenvalue weighted by molar-refractivity contribution is 8.00. The zero-order chi connectivity index (χ0) is 19.2. The average Bonchev–Trinajstić information content (AvgIpc) is 2.58. The summed E-state index contributed by atoms with van der Waals surface area (Å²) in [6.07, 6.45) is -4.40. The van der Waals surface area contributed by atoms with E-state index in [4.69, 9.17) is 0 Å². The first-order valence-corrected chi connectivity index (χ1v) is 8.66. The summed E-state index contributed by atoms with van der Waals surface area (Å²) in [5.41, 5.74) is 0.312. The van der Waals surface area contributed by atoms with E-state index in [0.717, 1.165) is 17.0 Å². The van der Waals surface area contributed by atoms with E-state index in [2.05, 4.69) is 10.6 Å². The minimum absolute atomic E-state index is 0.0325. The highest BCUT2D eigenvalue weighted by atomic mass is 32.2. The maximum atomic E-state index is 12.7. The standard InChI is InChI=1S/C18H17F3N2O2S/c1-12(24)23-15-5-7-16(8-6-15)26-11-17(25)22-10-13-3-2-4-14(9-13)18(19,20)21/h2-9H,10-11H2,1H3,(H,22,25)(H,23,24). The van der Waals surface area contributed by atoms with Gasteiger partial charge in [-0.1, -0.05) is 12.1 Å². The second-order valence-electron chi connectivity index (χ2n) is 5.47. The number of halogens is 3. The summed E-state index contributed by atoms with van der Waals surface area (Å²) in [5.74, 6) is -0.309. The van der Waals surface area contributed by atoms with Crippen LogP contribution in [-0.4, -0.2) is 17.6 Å². The Labute approximate surface area is 153 Å². The Balaban J connectivity index is 1.81. The van der Waals surface area contributed by atoms with Crippen LogP contribution in [0, 0.1) is 0 Å². The van der Waals surface area contributed by atoms with Crippen LogP contribution in [0.5, 0.6) is 0 Å². The molecule has 2 N–H and O–H groups in total. The van der Waals surface area contributed by atoms with Gasteiger partial charge in [-0.05, 0) is 42.0 Å². The van der Waals surface area contributed by atoms with Crippen molar-refractivity contribution in [1.82, 2.24) is 5.32 Å². The lowest BCUT2D eigenvalue weighted by atomic mass is 10.1. The van der Waals surface area contributed by atoms with Gasteiger partial charge in [0.15, 0.2) is 0 Å². The van der Waals surface area contributed by atoms with Gasteiger partial charge < -0.3 is 10.6 Å². The zero-order valence-corrected chi connectivity index (χ0v) is 14.7. The van der Waals surface area contributed by atoms with E-state index in [-0.39, 0.29) is 24.1 Å². The molecule has 0 saturated heterocycles. The number of carbonyl (C=O) groups excluding carboxylic acids is 2. The lowest BCUT2D eigenvalue weighted by molar-refractivity contribution is -0.137.